The van der Waals surface area contributed by atoms with Gasteiger partial charge in [0.1, 0.15) is 18.2 Å². The lowest BCUT2D eigenvalue weighted by atomic mass is 10.0. The summed E-state index contributed by atoms with van der Waals surface area (Å²) >= 11 is 3.23. The normalized spacial score (nSPS) is 10.8. The first kappa shape index (κ1) is 14.1. The van der Waals surface area contributed by atoms with E-state index in [4.69, 9.17) is 4.74 Å². The molecule has 0 saturated heterocycles. The predicted molar refractivity (Wildman–Crippen MR) is 79.0 cm³/mol. The molecule has 0 spiro atoms. The first-order valence-corrected chi connectivity index (χ1v) is 7.02. The van der Waals surface area contributed by atoms with Crippen LogP contribution < -0.4 is 4.74 Å². The zero-order chi connectivity index (χ0) is 13.8. The first-order chi connectivity index (χ1) is 9.06. The van der Waals surface area contributed by atoms with Crippen LogP contribution in [-0.2, 0) is 6.61 Å². The molecule has 0 aliphatic rings. The lowest BCUT2D eigenvalue weighted by Gasteiger charge is -2.09. The van der Waals surface area contributed by atoms with Gasteiger partial charge in [0.2, 0.25) is 0 Å². The number of hydrogen-bond acceptors (Lipinski definition) is 1. The summed E-state index contributed by atoms with van der Waals surface area (Å²) in [5.74, 6) is 0.998. The van der Waals surface area contributed by atoms with Crippen LogP contribution in [0.15, 0.2) is 46.9 Å². The summed E-state index contributed by atoms with van der Waals surface area (Å²) in [5, 5.41) is 0. The third kappa shape index (κ3) is 3.80. The molecule has 0 atom stereocenters. The molecule has 2 rings (SSSR count). The quantitative estimate of drug-likeness (QED) is 0.743. The van der Waals surface area contributed by atoms with E-state index >= 15 is 0 Å². The van der Waals surface area contributed by atoms with E-state index in [0.29, 0.717) is 11.5 Å². The van der Waals surface area contributed by atoms with E-state index in [0.717, 1.165) is 10.2 Å². The molecule has 2 aromatic carbocycles. The molecule has 0 bridgehead atoms. The van der Waals surface area contributed by atoms with Gasteiger partial charge in [0.25, 0.3) is 0 Å². The summed E-state index contributed by atoms with van der Waals surface area (Å²) in [6.07, 6.45) is 0. The van der Waals surface area contributed by atoms with Crippen molar-refractivity contribution in [3.05, 3.63) is 63.9 Å². The Morgan fingerprint density at radius 1 is 1.11 bits per heavy atom. The maximum Gasteiger partial charge on any atom is 0.130 e. The lowest BCUT2D eigenvalue weighted by molar-refractivity contribution is 0.299. The van der Waals surface area contributed by atoms with Gasteiger partial charge in [0.05, 0.1) is 0 Å². The molecular weight excluding hydrogens is 307 g/mol. The van der Waals surface area contributed by atoms with Crippen LogP contribution in [0.1, 0.15) is 30.9 Å². The van der Waals surface area contributed by atoms with Crippen molar-refractivity contribution < 1.29 is 9.13 Å². The molecule has 0 heterocycles. The Bertz CT molecular complexity index is 549. The van der Waals surface area contributed by atoms with E-state index in [2.05, 4.69) is 29.8 Å². The molecule has 19 heavy (non-hydrogen) atoms. The predicted octanol–water partition coefficient (Wildman–Crippen LogP) is 5.29. The number of hydrogen-bond donors (Lipinski definition) is 0. The van der Waals surface area contributed by atoms with E-state index in [1.165, 1.54) is 11.6 Å². The van der Waals surface area contributed by atoms with Crippen molar-refractivity contribution in [2.75, 3.05) is 0 Å². The number of rotatable bonds is 4. The van der Waals surface area contributed by atoms with Gasteiger partial charge in [-0.3, -0.25) is 0 Å². The molecule has 2 aromatic rings. The summed E-state index contributed by atoms with van der Waals surface area (Å²) in [4.78, 5) is 0. The highest BCUT2D eigenvalue weighted by Gasteiger charge is 2.04. The van der Waals surface area contributed by atoms with Gasteiger partial charge in [-0.25, -0.2) is 4.39 Å². The number of halogens is 2. The molecule has 0 saturated carbocycles. The summed E-state index contributed by atoms with van der Waals surface area (Å²) < 4.78 is 19.9. The SMILES string of the molecule is CC(C)c1ccc(OCc2ccc(Br)cc2F)cc1. The summed E-state index contributed by atoms with van der Waals surface area (Å²) in [7, 11) is 0. The minimum atomic E-state index is -0.256. The Balaban J connectivity index is 2.02. The third-order valence-corrected chi connectivity index (χ3v) is 3.45. The second-order valence-electron chi connectivity index (χ2n) is 4.75. The Hall–Kier alpha value is -1.35. The Labute approximate surface area is 121 Å². The van der Waals surface area contributed by atoms with E-state index in [1.54, 1.807) is 6.07 Å². The fourth-order valence-corrected chi connectivity index (χ4v) is 2.08. The fourth-order valence-electron chi connectivity index (χ4n) is 1.75. The van der Waals surface area contributed by atoms with Gasteiger partial charge >= 0.3 is 0 Å². The minimum Gasteiger partial charge on any atom is -0.489 e. The van der Waals surface area contributed by atoms with Gasteiger partial charge in [-0.2, -0.15) is 0 Å². The average Bonchev–Trinajstić information content (AvgIpc) is 2.38. The van der Waals surface area contributed by atoms with Crippen molar-refractivity contribution in [2.45, 2.75) is 26.4 Å². The van der Waals surface area contributed by atoms with Gasteiger partial charge in [0, 0.05) is 10.0 Å². The smallest absolute Gasteiger partial charge is 0.130 e. The number of ether oxygens (including phenoxy) is 1. The van der Waals surface area contributed by atoms with Gasteiger partial charge in [-0.15, -0.1) is 0 Å². The van der Waals surface area contributed by atoms with Crippen molar-refractivity contribution in [1.29, 1.82) is 0 Å². The summed E-state index contributed by atoms with van der Waals surface area (Å²) in [6, 6.07) is 12.9. The Morgan fingerprint density at radius 2 is 1.79 bits per heavy atom. The first-order valence-electron chi connectivity index (χ1n) is 6.23. The second-order valence-corrected chi connectivity index (χ2v) is 5.66. The molecule has 0 radical (unpaired) electrons. The molecule has 100 valence electrons. The van der Waals surface area contributed by atoms with Gasteiger partial charge in [-0.05, 0) is 35.7 Å². The molecule has 0 aromatic heterocycles. The zero-order valence-electron chi connectivity index (χ0n) is 11.0. The van der Waals surface area contributed by atoms with Crippen LogP contribution in [0, 0.1) is 5.82 Å². The average molecular weight is 323 g/mol. The second kappa shape index (κ2) is 6.20. The molecule has 0 N–H and O–H groups in total. The maximum atomic E-state index is 13.6. The molecular formula is C16H16BrFO. The fraction of sp³-hybridized carbons (Fsp3) is 0.250. The maximum absolute atomic E-state index is 13.6. The van der Waals surface area contributed by atoms with E-state index < -0.39 is 0 Å². The third-order valence-electron chi connectivity index (χ3n) is 2.96. The van der Waals surface area contributed by atoms with E-state index in [9.17, 15) is 4.39 Å². The highest BCUT2D eigenvalue weighted by atomic mass is 79.9. The molecule has 3 heteroatoms. The van der Waals surface area contributed by atoms with Crippen molar-refractivity contribution in [3.63, 3.8) is 0 Å². The van der Waals surface area contributed by atoms with Crippen LogP contribution in [0.4, 0.5) is 4.39 Å². The molecule has 0 aliphatic carbocycles. The highest BCUT2D eigenvalue weighted by molar-refractivity contribution is 9.10. The minimum absolute atomic E-state index is 0.236. The van der Waals surface area contributed by atoms with Gasteiger partial charge in [-0.1, -0.05) is 48.0 Å². The molecule has 0 fully saturated rings. The molecule has 1 nitrogen and oxygen atoms in total. The topological polar surface area (TPSA) is 9.23 Å². The number of benzene rings is 2. The van der Waals surface area contributed by atoms with Gasteiger partial charge in [0.15, 0.2) is 0 Å². The Kier molecular flexibility index (Phi) is 4.59. The van der Waals surface area contributed by atoms with Crippen LogP contribution in [0.25, 0.3) is 0 Å². The van der Waals surface area contributed by atoms with Crippen LogP contribution in [0.5, 0.6) is 5.75 Å². The zero-order valence-corrected chi connectivity index (χ0v) is 12.6. The molecule has 0 unspecified atom stereocenters. The van der Waals surface area contributed by atoms with Crippen molar-refractivity contribution >= 4 is 15.9 Å². The Morgan fingerprint density at radius 3 is 2.37 bits per heavy atom. The standard InChI is InChI=1S/C16H16BrFO/c1-11(2)12-4-7-15(8-5-12)19-10-13-3-6-14(17)9-16(13)18/h3-9,11H,10H2,1-2H3. The highest BCUT2D eigenvalue weighted by Crippen LogP contribution is 2.21. The van der Waals surface area contributed by atoms with Crippen molar-refractivity contribution in [2.24, 2.45) is 0 Å². The van der Waals surface area contributed by atoms with Crippen LogP contribution in [-0.4, -0.2) is 0 Å². The largest absolute Gasteiger partial charge is 0.489 e. The van der Waals surface area contributed by atoms with Crippen molar-refractivity contribution in [1.82, 2.24) is 0 Å². The van der Waals surface area contributed by atoms with Gasteiger partial charge < -0.3 is 4.74 Å². The molecule has 0 aliphatic heterocycles. The van der Waals surface area contributed by atoms with Crippen LogP contribution in [0.2, 0.25) is 0 Å². The van der Waals surface area contributed by atoms with Crippen LogP contribution >= 0.6 is 15.9 Å². The lowest BCUT2D eigenvalue weighted by Crippen LogP contribution is -1.98. The summed E-state index contributed by atoms with van der Waals surface area (Å²) in [5.41, 5.74) is 1.82. The monoisotopic (exact) mass is 322 g/mol. The van der Waals surface area contributed by atoms with E-state index in [-0.39, 0.29) is 12.4 Å². The summed E-state index contributed by atoms with van der Waals surface area (Å²) in [6.45, 7) is 4.53. The van der Waals surface area contributed by atoms with Crippen molar-refractivity contribution in [3.8, 4) is 5.75 Å². The van der Waals surface area contributed by atoms with E-state index in [1.807, 2.05) is 30.3 Å². The molecule has 0 amide bonds. The van der Waals surface area contributed by atoms with Crippen LogP contribution in [0.3, 0.4) is 0 Å².